The Hall–Kier alpha value is -2.87. The molecule has 1 aromatic heterocycles. The number of alkyl carbamates (subject to hydrolysis) is 1. The van der Waals surface area contributed by atoms with Crippen molar-refractivity contribution in [2.24, 2.45) is 0 Å². The minimum Gasteiger partial charge on any atom is -0.467 e. The van der Waals surface area contributed by atoms with E-state index in [9.17, 15) is 9.59 Å². The summed E-state index contributed by atoms with van der Waals surface area (Å²) in [6.45, 7) is 5.97. The molecule has 0 fully saturated rings. The van der Waals surface area contributed by atoms with Gasteiger partial charge >= 0.3 is 12.1 Å². The number of hydrogen-bond donors (Lipinski definition) is 1. The molecule has 28 heavy (non-hydrogen) atoms. The predicted octanol–water partition coefficient (Wildman–Crippen LogP) is 2.67. The lowest BCUT2D eigenvalue weighted by atomic mass is 10.1. The molecule has 0 saturated heterocycles. The van der Waals surface area contributed by atoms with Crippen molar-refractivity contribution in [1.29, 1.82) is 0 Å². The Balaban J connectivity index is 1.97. The van der Waals surface area contributed by atoms with Gasteiger partial charge in [-0.15, -0.1) is 0 Å². The average molecular weight is 389 g/mol. The predicted molar refractivity (Wildman–Crippen MR) is 102 cm³/mol. The summed E-state index contributed by atoms with van der Waals surface area (Å²) in [4.78, 5) is 28.3. The third-order valence-electron chi connectivity index (χ3n) is 3.73. The fourth-order valence-electron chi connectivity index (χ4n) is 2.46. The molecule has 1 heterocycles. The van der Waals surface area contributed by atoms with Crippen LogP contribution >= 0.6 is 0 Å². The second-order valence-electron chi connectivity index (χ2n) is 7.24. The molecule has 8 nitrogen and oxygen atoms in total. The number of esters is 1. The molecule has 8 heteroatoms. The van der Waals surface area contributed by atoms with Crippen LogP contribution in [-0.4, -0.2) is 40.4 Å². The molecule has 0 spiro atoms. The summed E-state index contributed by atoms with van der Waals surface area (Å²) in [5.41, 5.74) is 1.11. The van der Waals surface area contributed by atoms with E-state index in [0.717, 1.165) is 11.3 Å². The van der Waals surface area contributed by atoms with Crippen LogP contribution in [-0.2, 0) is 38.8 Å². The Morgan fingerprint density at radius 3 is 2.57 bits per heavy atom. The van der Waals surface area contributed by atoms with E-state index >= 15 is 0 Å². The topological polar surface area (TPSA) is 91.7 Å². The van der Waals surface area contributed by atoms with E-state index < -0.39 is 23.7 Å². The summed E-state index contributed by atoms with van der Waals surface area (Å²) >= 11 is 0. The van der Waals surface area contributed by atoms with Crippen molar-refractivity contribution in [2.45, 2.75) is 52.2 Å². The molecule has 0 aliphatic heterocycles. The number of benzene rings is 1. The van der Waals surface area contributed by atoms with Gasteiger partial charge in [-0.2, -0.15) is 0 Å². The standard InChI is InChI=1S/C20H27N3O5/c1-20(2,3)28-19(25)22-17(18(24)26-4)10-16-11-21-13-23(16)14-27-12-15-8-6-5-7-9-15/h5-9,11,13,17H,10,12,14H2,1-4H3,(H,22,25)/t17-/m0/s1. The first kappa shape index (κ1) is 21.4. The summed E-state index contributed by atoms with van der Waals surface area (Å²) in [6, 6.07) is 8.90. The normalized spacial score (nSPS) is 12.3. The highest BCUT2D eigenvalue weighted by Gasteiger charge is 2.26. The average Bonchev–Trinajstić information content (AvgIpc) is 3.07. The molecule has 1 aromatic carbocycles. The quantitative estimate of drug-likeness (QED) is 0.698. The van der Waals surface area contributed by atoms with Crippen LogP contribution in [0.25, 0.3) is 0 Å². The first-order chi connectivity index (χ1) is 13.3. The van der Waals surface area contributed by atoms with Gasteiger partial charge in [-0.1, -0.05) is 30.3 Å². The third kappa shape index (κ3) is 7.03. The zero-order chi connectivity index (χ0) is 20.6. The van der Waals surface area contributed by atoms with Gasteiger partial charge in [0, 0.05) is 18.3 Å². The van der Waals surface area contributed by atoms with Gasteiger partial charge in [0.05, 0.1) is 20.0 Å². The number of nitrogens with zero attached hydrogens (tertiary/aromatic N) is 2. The smallest absolute Gasteiger partial charge is 0.408 e. The largest absolute Gasteiger partial charge is 0.467 e. The third-order valence-corrected chi connectivity index (χ3v) is 3.73. The molecule has 2 aromatic rings. The SMILES string of the molecule is COC(=O)[C@H](Cc1cncn1COCc1ccccc1)NC(=O)OC(C)(C)C. The molecular formula is C20H27N3O5. The molecular weight excluding hydrogens is 362 g/mol. The second kappa shape index (κ2) is 9.89. The van der Waals surface area contributed by atoms with Crippen molar-refractivity contribution < 1.29 is 23.8 Å². The van der Waals surface area contributed by atoms with Gasteiger partial charge in [-0.25, -0.2) is 14.6 Å². The number of nitrogens with one attached hydrogen (secondary N) is 1. The monoisotopic (exact) mass is 389 g/mol. The molecule has 0 aliphatic carbocycles. The van der Waals surface area contributed by atoms with Crippen LogP contribution in [0, 0.1) is 0 Å². The zero-order valence-electron chi connectivity index (χ0n) is 16.7. The van der Waals surface area contributed by atoms with Gasteiger partial charge in [0.25, 0.3) is 0 Å². The lowest BCUT2D eigenvalue weighted by molar-refractivity contribution is -0.143. The Morgan fingerprint density at radius 2 is 1.93 bits per heavy atom. The summed E-state index contributed by atoms with van der Waals surface area (Å²) in [5, 5.41) is 2.55. The van der Waals surface area contributed by atoms with Gasteiger partial charge < -0.3 is 24.1 Å². The van der Waals surface area contributed by atoms with Crippen molar-refractivity contribution in [3.8, 4) is 0 Å². The van der Waals surface area contributed by atoms with Crippen LogP contribution < -0.4 is 5.32 Å². The zero-order valence-corrected chi connectivity index (χ0v) is 16.7. The molecule has 152 valence electrons. The summed E-state index contributed by atoms with van der Waals surface area (Å²) in [5.74, 6) is -0.566. The number of ether oxygens (including phenoxy) is 3. The minimum atomic E-state index is -0.899. The van der Waals surface area contributed by atoms with E-state index in [1.165, 1.54) is 7.11 Å². The number of rotatable bonds is 8. The first-order valence-corrected chi connectivity index (χ1v) is 8.96. The fraction of sp³-hybridized carbons (Fsp3) is 0.450. The van der Waals surface area contributed by atoms with Crippen LogP contribution in [0.5, 0.6) is 0 Å². The number of carbonyl (C=O) groups excluding carboxylic acids is 2. The summed E-state index contributed by atoms with van der Waals surface area (Å²) in [6.07, 6.45) is 2.75. The van der Waals surface area contributed by atoms with Crippen molar-refractivity contribution in [3.63, 3.8) is 0 Å². The maximum absolute atomic E-state index is 12.1. The number of hydrogen-bond acceptors (Lipinski definition) is 6. The fourth-order valence-corrected chi connectivity index (χ4v) is 2.46. The van der Waals surface area contributed by atoms with Crippen molar-refractivity contribution in [3.05, 3.63) is 54.1 Å². The second-order valence-corrected chi connectivity index (χ2v) is 7.24. The highest BCUT2D eigenvalue weighted by molar-refractivity contribution is 5.81. The molecule has 1 N–H and O–H groups in total. The number of aromatic nitrogens is 2. The molecule has 0 bridgehead atoms. The Kier molecular flexibility index (Phi) is 7.57. The number of amides is 1. The lowest BCUT2D eigenvalue weighted by Crippen LogP contribution is -2.45. The van der Waals surface area contributed by atoms with E-state index in [-0.39, 0.29) is 13.2 Å². The van der Waals surface area contributed by atoms with E-state index in [1.807, 2.05) is 30.3 Å². The van der Waals surface area contributed by atoms with Crippen LogP contribution in [0.1, 0.15) is 32.0 Å². The van der Waals surface area contributed by atoms with E-state index in [2.05, 4.69) is 10.3 Å². The molecule has 2 rings (SSSR count). The van der Waals surface area contributed by atoms with Crippen LogP contribution in [0.3, 0.4) is 0 Å². The van der Waals surface area contributed by atoms with E-state index in [4.69, 9.17) is 14.2 Å². The highest BCUT2D eigenvalue weighted by atomic mass is 16.6. The Morgan fingerprint density at radius 1 is 1.21 bits per heavy atom. The number of carbonyl (C=O) groups is 2. The van der Waals surface area contributed by atoms with Gasteiger partial charge in [0.15, 0.2) is 0 Å². The van der Waals surface area contributed by atoms with Crippen molar-refractivity contribution >= 4 is 12.1 Å². The molecule has 0 aliphatic rings. The van der Waals surface area contributed by atoms with Crippen LogP contribution in [0.15, 0.2) is 42.9 Å². The van der Waals surface area contributed by atoms with Gasteiger partial charge in [-0.3, -0.25) is 0 Å². The van der Waals surface area contributed by atoms with E-state index in [0.29, 0.717) is 6.61 Å². The van der Waals surface area contributed by atoms with Gasteiger partial charge in [0.1, 0.15) is 18.4 Å². The summed E-state index contributed by atoms with van der Waals surface area (Å²) < 4.78 is 17.5. The Labute approximate surface area is 164 Å². The van der Waals surface area contributed by atoms with Crippen LogP contribution in [0.4, 0.5) is 4.79 Å². The molecule has 1 amide bonds. The maximum Gasteiger partial charge on any atom is 0.408 e. The van der Waals surface area contributed by atoms with Crippen molar-refractivity contribution in [2.75, 3.05) is 7.11 Å². The summed E-state index contributed by atoms with van der Waals surface area (Å²) in [7, 11) is 1.27. The van der Waals surface area contributed by atoms with Crippen molar-refractivity contribution in [1.82, 2.24) is 14.9 Å². The lowest BCUT2D eigenvalue weighted by Gasteiger charge is -2.22. The minimum absolute atomic E-state index is 0.195. The number of imidazole rings is 1. The molecule has 0 saturated carbocycles. The number of methoxy groups -OCH3 is 1. The molecule has 0 unspecified atom stereocenters. The maximum atomic E-state index is 12.1. The Bertz CT molecular complexity index is 768. The first-order valence-electron chi connectivity index (χ1n) is 8.96. The highest BCUT2D eigenvalue weighted by Crippen LogP contribution is 2.10. The molecule has 0 radical (unpaired) electrons. The van der Waals surface area contributed by atoms with Gasteiger partial charge in [-0.05, 0) is 26.3 Å². The van der Waals surface area contributed by atoms with E-state index in [1.54, 1.807) is 37.9 Å². The van der Waals surface area contributed by atoms with Crippen LogP contribution in [0.2, 0.25) is 0 Å². The van der Waals surface area contributed by atoms with Gasteiger partial charge in [0.2, 0.25) is 0 Å². The molecule has 1 atom stereocenters.